The Kier molecular flexibility index (Phi) is 6.64. The minimum Gasteiger partial charge on any atom is -0.508 e. The Balaban J connectivity index is 2.70. The first-order chi connectivity index (χ1) is 9.93. The summed E-state index contributed by atoms with van der Waals surface area (Å²) in [5, 5.41) is 18.3. The Labute approximate surface area is 122 Å². The van der Waals surface area contributed by atoms with Crippen LogP contribution < -0.4 is 10.9 Å². The van der Waals surface area contributed by atoms with Gasteiger partial charge in [0.05, 0.1) is 6.61 Å². The summed E-state index contributed by atoms with van der Waals surface area (Å²) in [7, 11) is 0. The van der Waals surface area contributed by atoms with Crippen LogP contribution in [0.25, 0.3) is 0 Å². The van der Waals surface area contributed by atoms with Crippen LogP contribution in [0.2, 0.25) is 0 Å². The standard InChI is InChI=1S/C14H20N2O5/c1-3-21-14(20)12(15-16-13(19)9(2)17)8-10-4-6-11(18)7-5-10/h4-7,9,12,15,17-18H,3,8H2,1-2H3,(H,16,19)/t9?,12-/m0/s1. The van der Waals surface area contributed by atoms with Gasteiger partial charge in [0.2, 0.25) is 0 Å². The predicted molar refractivity (Wildman–Crippen MR) is 75.2 cm³/mol. The Morgan fingerprint density at radius 1 is 1.29 bits per heavy atom. The number of carbonyl (C=O) groups is 2. The molecule has 7 nitrogen and oxygen atoms in total. The molecule has 1 aromatic carbocycles. The summed E-state index contributed by atoms with van der Waals surface area (Å²) in [5.41, 5.74) is 5.60. The number of hydrogen-bond donors (Lipinski definition) is 4. The smallest absolute Gasteiger partial charge is 0.325 e. The van der Waals surface area contributed by atoms with Crippen LogP contribution >= 0.6 is 0 Å². The van der Waals surface area contributed by atoms with Gasteiger partial charge in [-0.3, -0.25) is 15.0 Å². The zero-order valence-corrected chi connectivity index (χ0v) is 12.0. The van der Waals surface area contributed by atoms with E-state index in [9.17, 15) is 14.7 Å². The Morgan fingerprint density at radius 3 is 2.43 bits per heavy atom. The number of aliphatic hydroxyl groups is 1. The number of amides is 1. The second kappa shape index (κ2) is 8.23. The summed E-state index contributed by atoms with van der Waals surface area (Å²) in [4.78, 5) is 23.2. The van der Waals surface area contributed by atoms with Crippen LogP contribution in [0.1, 0.15) is 19.4 Å². The molecule has 4 N–H and O–H groups in total. The highest BCUT2D eigenvalue weighted by molar-refractivity contribution is 5.81. The molecule has 1 aromatic rings. The van der Waals surface area contributed by atoms with Crippen LogP contribution in [0.5, 0.6) is 5.75 Å². The van der Waals surface area contributed by atoms with Gasteiger partial charge in [0, 0.05) is 6.42 Å². The van der Waals surface area contributed by atoms with Crippen LogP contribution in [0.3, 0.4) is 0 Å². The first-order valence-electron chi connectivity index (χ1n) is 6.62. The van der Waals surface area contributed by atoms with Crippen LogP contribution in [0, 0.1) is 0 Å². The van der Waals surface area contributed by atoms with Crippen molar-refractivity contribution in [1.82, 2.24) is 10.9 Å². The largest absolute Gasteiger partial charge is 0.508 e. The molecule has 1 unspecified atom stereocenters. The molecule has 2 atom stereocenters. The summed E-state index contributed by atoms with van der Waals surface area (Å²) in [5.74, 6) is -1.03. The van der Waals surface area contributed by atoms with Gasteiger partial charge >= 0.3 is 5.97 Å². The lowest BCUT2D eigenvalue weighted by atomic mass is 10.1. The molecular weight excluding hydrogens is 276 g/mol. The average Bonchev–Trinajstić information content (AvgIpc) is 2.45. The fourth-order valence-electron chi connectivity index (χ4n) is 1.57. The lowest BCUT2D eigenvalue weighted by molar-refractivity contribution is -0.146. The van der Waals surface area contributed by atoms with Crippen molar-refractivity contribution in [2.45, 2.75) is 32.4 Å². The van der Waals surface area contributed by atoms with Crippen molar-refractivity contribution >= 4 is 11.9 Å². The van der Waals surface area contributed by atoms with Gasteiger partial charge in [0.15, 0.2) is 0 Å². The molecule has 0 saturated heterocycles. The van der Waals surface area contributed by atoms with Crippen molar-refractivity contribution in [3.05, 3.63) is 29.8 Å². The summed E-state index contributed by atoms with van der Waals surface area (Å²) in [6.45, 7) is 3.22. The Morgan fingerprint density at radius 2 is 1.90 bits per heavy atom. The first-order valence-corrected chi connectivity index (χ1v) is 6.62. The normalized spacial score (nSPS) is 13.3. The monoisotopic (exact) mass is 296 g/mol. The highest BCUT2D eigenvalue weighted by Crippen LogP contribution is 2.11. The lowest BCUT2D eigenvalue weighted by Crippen LogP contribution is -2.52. The number of ether oxygens (including phenoxy) is 1. The van der Waals surface area contributed by atoms with E-state index in [2.05, 4.69) is 10.9 Å². The molecule has 21 heavy (non-hydrogen) atoms. The maximum Gasteiger partial charge on any atom is 0.325 e. The van der Waals surface area contributed by atoms with Crippen molar-refractivity contribution in [3.8, 4) is 5.75 Å². The van der Waals surface area contributed by atoms with Crippen molar-refractivity contribution in [2.24, 2.45) is 0 Å². The molecule has 0 aliphatic carbocycles. The van der Waals surface area contributed by atoms with E-state index in [0.717, 1.165) is 5.56 Å². The van der Waals surface area contributed by atoms with Crippen molar-refractivity contribution in [1.29, 1.82) is 0 Å². The zero-order valence-electron chi connectivity index (χ0n) is 12.0. The topological polar surface area (TPSA) is 108 Å². The fraction of sp³-hybridized carbons (Fsp3) is 0.429. The van der Waals surface area contributed by atoms with E-state index in [0.29, 0.717) is 0 Å². The van der Waals surface area contributed by atoms with E-state index in [4.69, 9.17) is 9.84 Å². The van der Waals surface area contributed by atoms with E-state index in [1.54, 1.807) is 19.1 Å². The van der Waals surface area contributed by atoms with Gasteiger partial charge in [0.25, 0.3) is 5.91 Å². The number of phenols is 1. The lowest BCUT2D eigenvalue weighted by Gasteiger charge is -2.18. The molecule has 0 fully saturated rings. The molecule has 0 bridgehead atoms. The molecule has 116 valence electrons. The third kappa shape index (κ3) is 5.80. The Hall–Kier alpha value is -2.12. The number of nitrogens with one attached hydrogen (secondary N) is 2. The predicted octanol–water partition coefficient (Wildman–Crippen LogP) is -0.132. The van der Waals surface area contributed by atoms with Gasteiger partial charge in [-0.1, -0.05) is 12.1 Å². The van der Waals surface area contributed by atoms with Crippen LogP contribution in [0.15, 0.2) is 24.3 Å². The van der Waals surface area contributed by atoms with E-state index in [1.165, 1.54) is 19.1 Å². The highest BCUT2D eigenvalue weighted by atomic mass is 16.5. The fourth-order valence-corrected chi connectivity index (χ4v) is 1.57. The van der Waals surface area contributed by atoms with Gasteiger partial charge < -0.3 is 14.9 Å². The number of phenolic OH excluding ortho intramolecular Hbond substituents is 1. The van der Waals surface area contributed by atoms with Gasteiger partial charge in [-0.25, -0.2) is 5.43 Å². The van der Waals surface area contributed by atoms with Crippen molar-refractivity contribution < 1.29 is 24.5 Å². The second-order valence-electron chi connectivity index (χ2n) is 4.48. The number of aliphatic hydroxyl groups excluding tert-OH is 1. The molecule has 0 aromatic heterocycles. The van der Waals surface area contributed by atoms with Crippen LogP contribution in [0.4, 0.5) is 0 Å². The second-order valence-corrected chi connectivity index (χ2v) is 4.48. The molecule has 1 amide bonds. The molecule has 0 aliphatic heterocycles. The third-order valence-electron chi connectivity index (χ3n) is 2.70. The summed E-state index contributed by atoms with van der Waals surface area (Å²) in [6, 6.07) is 5.55. The van der Waals surface area contributed by atoms with Crippen molar-refractivity contribution in [3.63, 3.8) is 0 Å². The number of benzene rings is 1. The number of carbonyl (C=O) groups excluding carboxylic acids is 2. The van der Waals surface area contributed by atoms with Gasteiger partial charge in [0.1, 0.15) is 17.9 Å². The molecule has 7 heteroatoms. The molecule has 1 rings (SSSR count). The van der Waals surface area contributed by atoms with Gasteiger partial charge in [-0.15, -0.1) is 0 Å². The maximum atomic E-state index is 11.8. The summed E-state index contributed by atoms with van der Waals surface area (Å²) < 4.78 is 4.93. The molecule has 0 heterocycles. The SMILES string of the molecule is CCOC(=O)[C@H](Cc1ccc(O)cc1)NNC(=O)C(C)O. The molecular formula is C14H20N2O5. The van der Waals surface area contributed by atoms with E-state index in [-0.39, 0.29) is 18.8 Å². The van der Waals surface area contributed by atoms with E-state index >= 15 is 0 Å². The number of hydrogen-bond acceptors (Lipinski definition) is 6. The first kappa shape index (κ1) is 16.9. The highest BCUT2D eigenvalue weighted by Gasteiger charge is 2.21. The molecule has 0 saturated carbocycles. The zero-order chi connectivity index (χ0) is 15.8. The summed E-state index contributed by atoms with van der Waals surface area (Å²) >= 11 is 0. The Bertz CT molecular complexity index is 473. The van der Waals surface area contributed by atoms with E-state index < -0.39 is 24.0 Å². The van der Waals surface area contributed by atoms with Crippen molar-refractivity contribution in [2.75, 3.05) is 6.61 Å². The van der Waals surface area contributed by atoms with Gasteiger partial charge in [-0.2, -0.15) is 0 Å². The minimum absolute atomic E-state index is 0.127. The third-order valence-corrected chi connectivity index (χ3v) is 2.70. The summed E-state index contributed by atoms with van der Waals surface area (Å²) in [6.07, 6.45) is -0.923. The maximum absolute atomic E-state index is 11.8. The van der Waals surface area contributed by atoms with Gasteiger partial charge in [-0.05, 0) is 31.5 Å². The minimum atomic E-state index is -1.19. The molecule has 0 spiro atoms. The number of aromatic hydroxyl groups is 1. The van der Waals surface area contributed by atoms with Crippen LogP contribution in [-0.2, 0) is 20.7 Å². The quantitative estimate of drug-likeness (QED) is 0.412. The molecule has 0 aliphatic rings. The number of esters is 1. The number of rotatable bonds is 7. The molecule has 0 radical (unpaired) electrons. The number of hydrazine groups is 1. The average molecular weight is 296 g/mol. The van der Waals surface area contributed by atoms with E-state index in [1.807, 2.05) is 0 Å². The van der Waals surface area contributed by atoms with Crippen LogP contribution in [-0.4, -0.2) is 40.8 Å².